The predicted molar refractivity (Wildman–Crippen MR) is 104 cm³/mol. The SMILES string of the molecule is C=C(C1=N[C@@H](c2ccccc2)[C@@H](c2ccccc2)N1)c1ccc(F)cc1. The zero-order valence-electron chi connectivity index (χ0n) is 14.3. The molecule has 26 heavy (non-hydrogen) atoms. The van der Waals surface area contributed by atoms with Gasteiger partial charge in [0.2, 0.25) is 0 Å². The van der Waals surface area contributed by atoms with Crippen molar-refractivity contribution in [2.24, 2.45) is 4.99 Å². The van der Waals surface area contributed by atoms with Crippen LogP contribution in [0.1, 0.15) is 28.8 Å². The number of rotatable bonds is 4. The molecule has 0 bridgehead atoms. The van der Waals surface area contributed by atoms with Crippen LogP contribution in [0.15, 0.2) is 96.5 Å². The van der Waals surface area contributed by atoms with Crippen molar-refractivity contribution in [3.63, 3.8) is 0 Å². The first-order valence-electron chi connectivity index (χ1n) is 8.62. The van der Waals surface area contributed by atoms with Crippen LogP contribution in [0.4, 0.5) is 4.39 Å². The van der Waals surface area contributed by atoms with E-state index in [-0.39, 0.29) is 17.9 Å². The molecule has 3 aromatic rings. The molecule has 1 N–H and O–H groups in total. The summed E-state index contributed by atoms with van der Waals surface area (Å²) in [6, 6.07) is 26.9. The summed E-state index contributed by atoms with van der Waals surface area (Å²) in [5, 5.41) is 3.53. The Kier molecular flexibility index (Phi) is 4.36. The molecule has 0 fully saturated rings. The maximum absolute atomic E-state index is 13.2. The van der Waals surface area contributed by atoms with E-state index in [0.29, 0.717) is 0 Å². The molecule has 3 aromatic carbocycles. The van der Waals surface area contributed by atoms with Gasteiger partial charge in [-0.05, 0) is 28.8 Å². The minimum atomic E-state index is -0.257. The molecule has 0 unspecified atom stereocenters. The Morgan fingerprint density at radius 1 is 0.808 bits per heavy atom. The quantitative estimate of drug-likeness (QED) is 0.681. The fraction of sp³-hybridized carbons (Fsp3) is 0.0870. The first-order valence-corrected chi connectivity index (χ1v) is 8.62. The maximum Gasteiger partial charge on any atom is 0.129 e. The average molecular weight is 342 g/mol. The first-order chi connectivity index (χ1) is 12.7. The van der Waals surface area contributed by atoms with E-state index in [2.05, 4.69) is 36.2 Å². The number of nitrogens with one attached hydrogen (secondary N) is 1. The second-order valence-corrected chi connectivity index (χ2v) is 6.35. The smallest absolute Gasteiger partial charge is 0.129 e. The van der Waals surface area contributed by atoms with Crippen LogP contribution in [-0.2, 0) is 0 Å². The van der Waals surface area contributed by atoms with Gasteiger partial charge in [-0.2, -0.15) is 0 Å². The Bertz CT molecular complexity index is 931. The minimum absolute atomic E-state index is 0.0331. The number of aliphatic imine (C=N–C) groups is 1. The van der Waals surface area contributed by atoms with E-state index in [9.17, 15) is 4.39 Å². The molecule has 2 nitrogen and oxygen atoms in total. The minimum Gasteiger partial charge on any atom is -0.361 e. The van der Waals surface area contributed by atoms with Crippen molar-refractivity contribution in [2.75, 3.05) is 0 Å². The molecule has 1 aliphatic heterocycles. The van der Waals surface area contributed by atoms with Crippen molar-refractivity contribution in [2.45, 2.75) is 12.1 Å². The molecule has 128 valence electrons. The lowest BCUT2D eigenvalue weighted by Crippen LogP contribution is -2.25. The number of nitrogens with zero attached hydrogens (tertiary/aromatic N) is 1. The van der Waals surface area contributed by atoms with Crippen LogP contribution in [0, 0.1) is 5.82 Å². The van der Waals surface area contributed by atoms with Crippen molar-refractivity contribution < 1.29 is 4.39 Å². The zero-order chi connectivity index (χ0) is 17.9. The molecule has 0 saturated heterocycles. The summed E-state index contributed by atoms with van der Waals surface area (Å²) in [5.41, 5.74) is 3.95. The van der Waals surface area contributed by atoms with Gasteiger partial charge in [0, 0.05) is 5.57 Å². The molecule has 0 aromatic heterocycles. The number of halogens is 1. The van der Waals surface area contributed by atoms with Crippen molar-refractivity contribution in [3.05, 3.63) is 114 Å². The number of benzene rings is 3. The lowest BCUT2D eigenvalue weighted by molar-refractivity contribution is 0.573. The number of hydrogen-bond donors (Lipinski definition) is 1. The van der Waals surface area contributed by atoms with Crippen LogP contribution in [0.5, 0.6) is 0 Å². The van der Waals surface area contributed by atoms with E-state index >= 15 is 0 Å². The lowest BCUT2D eigenvalue weighted by atomic mass is 9.95. The molecule has 2 atom stereocenters. The highest BCUT2D eigenvalue weighted by atomic mass is 19.1. The van der Waals surface area contributed by atoms with Gasteiger partial charge in [0.25, 0.3) is 0 Å². The second kappa shape index (κ2) is 6.96. The molecule has 0 aliphatic carbocycles. The Balaban J connectivity index is 1.70. The molecule has 1 heterocycles. The normalized spacial score (nSPS) is 18.9. The van der Waals surface area contributed by atoms with Crippen molar-refractivity contribution in [3.8, 4) is 0 Å². The summed E-state index contributed by atoms with van der Waals surface area (Å²) in [6.07, 6.45) is 0. The Morgan fingerprint density at radius 3 is 2.00 bits per heavy atom. The van der Waals surface area contributed by atoms with E-state index in [4.69, 9.17) is 4.99 Å². The number of amidine groups is 1. The summed E-state index contributed by atoms with van der Waals surface area (Å²) in [4.78, 5) is 4.93. The van der Waals surface area contributed by atoms with E-state index in [1.807, 2.05) is 36.4 Å². The maximum atomic E-state index is 13.2. The molecule has 3 heteroatoms. The number of hydrogen-bond acceptors (Lipinski definition) is 2. The van der Waals surface area contributed by atoms with Crippen molar-refractivity contribution >= 4 is 11.4 Å². The highest BCUT2D eigenvalue weighted by molar-refractivity contribution is 6.22. The van der Waals surface area contributed by atoms with Gasteiger partial charge < -0.3 is 5.32 Å². The fourth-order valence-electron chi connectivity index (χ4n) is 3.27. The van der Waals surface area contributed by atoms with Crippen molar-refractivity contribution in [1.29, 1.82) is 0 Å². The Labute approximate surface area is 152 Å². The van der Waals surface area contributed by atoms with Crippen LogP contribution in [-0.4, -0.2) is 5.84 Å². The van der Waals surface area contributed by atoms with Crippen LogP contribution in [0.25, 0.3) is 5.57 Å². The van der Waals surface area contributed by atoms with Crippen LogP contribution >= 0.6 is 0 Å². The summed E-state index contributed by atoms with van der Waals surface area (Å²) < 4.78 is 13.2. The van der Waals surface area contributed by atoms with E-state index in [1.165, 1.54) is 17.7 Å². The standard InChI is InChI=1S/C23H19FN2/c1-16(17-12-14-20(24)15-13-17)23-25-21(18-8-4-2-5-9-18)22(26-23)19-10-6-3-7-11-19/h2-15,21-22H,1H2,(H,25,26)/t21-,22+. The van der Waals surface area contributed by atoms with Gasteiger partial charge in [0.1, 0.15) is 17.7 Å². The van der Waals surface area contributed by atoms with Gasteiger partial charge in [0.05, 0.1) is 6.04 Å². The van der Waals surface area contributed by atoms with Crippen LogP contribution in [0.2, 0.25) is 0 Å². The topological polar surface area (TPSA) is 24.4 Å². The predicted octanol–water partition coefficient (Wildman–Crippen LogP) is 5.32. The molecule has 4 rings (SSSR count). The van der Waals surface area contributed by atoms with Crippen LogP contribution < -0.4 is 5.32 Å². The average Bonchev–Trinajstić information content (AvgIpc) is 3.15. The summed E-state index contributed by atoms with van der Waals surface area (Å²) in [7, 11) is 0. The van der Waals surface area contributed by atoms with Gasteiger partial charge in [-0.1, -0.05) is 79.4 Å². The Hall–Kier alpha value is -3.20. The molecule has 0 saturated carbocycles. The molecular weight excluding hydrogens is 323 g/mol. The van der Waals surface area contributed by atoms with Gasteiger partial charge in [-0.15, -0.1) is 0 Å². The Morgan fingerprint density at radius 2 is 1.38 bits per heavy atom. The van der Waals surface area contributed by atoms with E-state index in [1.54, 1.807) is 12.1 Å². The highest BCUT2D eigenvalue weighted by Crippen LogP contribution is 2.37. The third-order valence-electron chi connectivity index (χ3n) is 4.65. The monoisotopic (exact) mass is 342 g/mol. The third-order valence-corrected chi connectivity index (χ3v) is 4.65. The van der Waals surface area contributed by atoms with E-state index in [0.717, 1.165) is 22.5 Å². The van der Waals surface area contributed by atoms with E-state index < -0.39 is 0 Å². The fourth-order valence-corrected chi connectivity index (χ4v) is 3.27. The molecular formula is C23H19FN2. The van der Waals surface area contributed by atoms with Crippen molar-refractivity contribution in [1.82, 2.24) is 5.32 Å². The lowest BCUT2D eigenvalue weighted by Gasteiger charge is -2.19. The van der Waals surface area contributed by atoms with Crippen LogP contribution in [0.3, 0.4) is 0 Å². The highest BCUT2D eigenvalue weighted by Gasteiger charge is 2.32. The summed E-state index contributed by atoms with van der Waals surface area (Å²) >= 11 is 0. The summed E-state index contributed by atoms with van der Waals surface area (Å²) in [6.45, 7) is 4.18. The molecule has 0 amide bonds. The first kappa shape index (κ1) is 16.3. The second-order valence-electron chi connectivity index (χ2n) is 6.35. The van der Waals surface area contributed by atoms with Gasteiger partial charge in [0.15, 0.2) is 0 Å². The molecule has 0 radical (unpaired) electrons. The third kappa shape index (κ3) is 3.16. The van der Waals surface area contributed by atoms with Gasteiger partial charge in [-0.25, -0.2) is 4.39 Å². The zero-order valence-corrected chi connectivity index (χ0v) is 14.3. The largest absolute Gasteiger partial charge is 0.361 e. The molecule has 1 aliphatic rings. The molecule has 0 spiro atoms. The summed E-state index contributed by atoms with van der Waals surface area (Å²) in [5.74, 6) is 0.492. The van der Waals surface area contributed by atoms with Gasteiger partial charge in [-0.3, -0.25) is 4.99 Å². The van der Waals surface area contributed by atoms with Gasteiger partial charge >= 0.3 is 0 Å².